The molecule has 0 radical (unpaired) electrons. The lowest BCUT2D eigenvalue weighted by Crippen LogP contribution is -2.53. The molecule has 1 amide bonds. The van der Waals surface area contributed by atoms with Gasteiger partial charge in [0, 0.05) is 51.2 Å². The third-order valence-corrected chi connectivity index (χ3v) is 5.24. The van der Waals surface area contributed by atoms with E-state index in [-0.39, 0.29) is 18.0 Å². The summed E-state index contributed by atoms with van der Waals surface area (Å²) in [5.74, 6) is 0.208. The minimum atomic E-state index is -0.146. The third-order valence-electron chi connectivity index (χ3n) is 5.24. The van der Waals surface area contributed by atoms with Gasteiger partial charge in [-0.1, -0.05) is 30.3 Å². The van der Waals surface area contributed by atoms with Crippen molar-refractivity contribution in [2.45, 2.75) is 25.0 Å². The maximum absolute atomic E-state index is 12.8. The van der Waals surface area contributed by atoms with Crippen LogP contribution in [0.3, 0.4) is 0 Å². The number of nitrogens with zero attached hydrogens (tertiary/aromatic N) is 3. The summed E-state index contributed by atoms with van der Waals surface area (Å²) < 4.78 is 0. The molecule has 0 saturated carbocycles. The van der Waals surface area contributed by atoms with Gasteiger partial charge in [0.1, 0.15) is 6.04 Å². The SMILES string of the molecule is O=C(C1CC(c2ccccc2)NN1)N1CCN(Cc2ccncc2)CC1. The molecule has 0 aliphatic carbocycles. The second-order valence-electron chi connectivity index (χ2n) is 7.00. The van der Waals surface area contributed by atoms with Crippen LogP contribution in [0.1, 0.15) is 23.6 Å². The summed E-state index contributed by atoms with van der Waals surface area (Å²) in [5.41, 5.74) is 8.95. The number of rotatable bonds is 4. The fraction of sp³-hybridized carbons (Fsp3) is 0.400. The van der Waals surface area contributed by atoms with Crippen molar-refractivity contribution in [2.24, 2.45) is 0 Å². The summed E-state index contributed by atoms with van der Waals surface area (Å²) in [4.78, 5) is 21.3. The van der Waals surface area contributed by atoms with E-state index in [0.717, 1.165) is 39.1 Å². The van der Waals surface area contributed by atoms with Crippen molar-refractivity contribution in [2.75, 3.05) is 26.2 Å². The van der Waals surface area contributed by atoms with Crippen molar-refractivity contribution in [3.05, 3.63) is 66.0 Å². The summed E-state index contributed by atoms with van der Waals surface area (Å²) in [5, 5.41) is 0. The summed E-state index contributed by atoms with van der Waals surface area (Å²) in [6.45, 7) is 4.33. The predicted octanol–water partition coefficient (Wildman–Crippen LogP) is 1.33. The van der Waals surface area contributed by atoms with Gasteiger partial charge in [0.05, 0.1) is 0 Å². The van der Waals surface area contributed by atoms with E-state index in [0.29, 0.717) is 0 Å². The molecular formula is C20H25N5O. The molecule has 0 bridgehead atoms. The number of carbonyl (C=O) groups excluding carboxylic acids is 1. The second kappa shape index (κ2) is 7.95. The maximum atomic E-state index is 12.8. The number of piperazine rings is 1. The topological polar surface area (TPSA) is 60.5 Å². The highest BCUT2D eigenvalue weighted by Gasteiger charge is 2.33. The zero-order valence-electron chi connectivity index (χ0n) is 14.8. The van der Waals surface area contributed by atoms with Gasteiger partial charge in [0.2, 0.25) is 5.91 Å². The summed E-state index contributed by atoms with van der Waals surface area (Å²) >= 11 is 0. The van der Waals surface area contributed by atoms with Gasteiger partial charge in [-0.2, -0.15) is 0 Å². The molecule has 2 aromatic rings. The number of pyridine rings is 1. The van der Waals surface area contributed by atoms with Crippen molar-refractivity contribution in [1.82, 2.24) is 25.6 Å². The molecule has 6 heteroatoms. The number of amides is 1. The van der Waals surface area contributed by atoms with Gasteiger partial charge in [-0.3, -0.25) is 14.7 Å². The third kappa shape index (κ3) is 3.93. The number of carbonyl (C=O) groups is 1. The van der Waals surface area contributed by atoms with Crippen LogP contribution >= 0.6 is 0 Å². The van der Waals surface area contributed by atoms with Crippen molar-refractivity contribution in [3.8, 4) is 0 Å². The van der Waals surface area contributed by atoms with Gasteiger partial charge >= 0.3 is 0 Å². The van der Waals surface area contributed by atoms with Gasteiger partial charge < -0.3 is 4.90 Å². The average Bonchev–Trinajstić information content (AvgIpc) is 3.20. The monoisotopic (exact) mass is 351 g/mol. The van der Waals surface area contributed by atoms with Gasteiger partial charge in [-0.25, -0.2) is 10.9 Å². The molecule has 136 valence electrons. The Bertz CT molecular complexity index is 715. The fourth-order valence-corrected chi connectivity index (χ4v) is 3.72. The van der Waals surface area contributed by atoms with E-state index < -0.39 is 0 Å². The van der Waals surface area contributed by atoms with Gasteiger partial charge in [0.15, 0.2) is 0 Å². The van der Waals surface area contributed by atoms with E-state index in [2.05, 4.69) is 45.0 Å². The molecule has 2 aliphatic heterocycles. The molecule has 2 atom stereocenters. The van der Waals surface area contributed by atoms with Crippen LogP contribution in [0, 0.1) is 0 Å². The van der Waals surface area contributed by atoms with Crippen LogP contribution in [0.5, 0.6) is 0 Å². The molecule has 1 aromatic heterocycles. The molecular weight excluding hydrogens is 326 g/mol. The lowest BCUT2D eigenvalue weighted by Gasteiger charge is -2.35. The highest BCUT2D eigenvalue weighted by molar-refractivity contribution is 5.82. The lowest BCUT2D eigenvalue weighted by molar-refractivity contribution is -0.135. The first-order valence-electron chi connectivity index (χ1n) is 9.25. The molecule has 2 aliphatic rings. The fourth-order valence-electron chi connectivity index (χ4n) is 3.72. The zero-order valence-corrected chi connectivity index (χ0v) is 14.8. The highest BCUT2D eigenvalue weighted by Crippen LogP contribution is 2.23. The molecule has 2 saturated heterocycles. The normalized spacial score (nSPS) is 23.9. The number of nitrogens with one attached hydrogen (secondary N) is 2. The second-order valence-corrected chi connectivity index (χ2v) is 7.00. The number of benzene rings is 1. The first-order valence-corrected chi connectivity index (χ1v) is 9.25. The number of hydrazine groups is 1. The van der Waals surface area contributed by atoms with Crippen LogP contribution in [0.2, 0.25) is 0 Å². The molecule has 1 aromatic carbocycles. The van der Waals surface area contributed by atoms with Crippen LogP contribution < -0.4 is 10.9 Å². The number of hydrogen-bond acceptors (Lipinski definition) is 5. The van der Waals surface area contributed by atoms with E-state index in [1.807, 2.05) is 35.5 Å². The minimum Gasteiger partial charge on any atom is -0.339 e. The first-order chi connectivity index (χ1) is 12.8. The molecule has 3 heterocycles. The molecule has 0 spiro atoms. The number of hydrogen-bond donors (Lipinski definition) is 2. The van der Waals surface area contributed by atoms with Crippen LogP contribution in [0.25, 0.3) is 0 Å². The number of aromatic nitrogens is 1. The lowest BCUT2D eigenvalue weighted by atomic mass is 10.0. The smallest absolute Gasteiger partial charge is 0.241 e. The Morgan fingerprint density at radius 1 is 1.00 bits per heavy atom. The maximum Gasteiger partial charge on any atom is 0.241 e. The van der Waals surface area contributed by atoms with E-state index in [4.69, 9.17) is 0 Å². The van der Waals surface area contributed by atoms with Crippen LogP contribution in [0.4, 0.5) is 0 Å². The van der Waals surface area contributed by atoms with E-state index in [1.54, 1.807) is 0 Å². The van der Waals surface area contributed by atoms with Crippen LogP contribution in [-0.2, 0) is 11.3 Å². The Labute approximate surface area is 154 Å². The Morgan fingerprint density at radius 2 is 1.73 bits per heavy atom. The first kappa shape index (κ1) is 17.1. The molecule has 26 heavy (non-hydrogen) atoms. The molecule has 2 fully saturated rings. The molecule has 4 rings (SSSR count). The van der Waals surface area contributed by atoms with Gasteiger partial charge in [0.25, 0.3) is 0 Å². The standard InChI is InChI=1S/C20H25N5O/c26-20(19-14-18(22-23-19)17-4-2-1-3-5-17)25-12-10-24(11-13-25)15-16-6-8-21-9-7-16/h1-9,18-19,22-23H,10-15H2. The Balaban J connectivity index is 1.27. The van der Waals surface area contributed by atoms with Crippen LogP contribution in [-0.4, -0.2) is 52.9 Å². The van der Waals surface area contributed by atoms with E-state index in [1.165, 1.54) is 11.1 Å². The highest BCUT2D eigenvalue weighted by atomic mass is 16.2. The Morgan fingerprint density at radius 3 is 2.46 bits per heavy atom. The molecule has 6 nitrogen and oxygen atoms in total. The van der Waals surface area contributed by atoms with Gasteiger partial charge in [-0.15, -0.1) is 0 Å². The van der Waals surface area contributed by atoms with Crippen molar-refractivity contribution >= 4 is 5.91 Å². The van der Waals surface area contributed by atoms with Gasteiger partial charge in [-0.05, 0) is 29.7 Å². The van der Waals surface area contributed by atoms with E-state index >= 15 is 0 Å². The minimum absolute atomic E-state index is 0.146. The van der Waals surface area contributed by atoms with Crippen LogP contribution in [0.15, 0.2) is 54.9 Å². The van der Waals surface area contributed by atoms with Crippen molar-refractivity contribution in [3.63, 3.8) is 0 Å². The summed E-state index contributed by atoms with van der Waals surface area (Å²) in [6, 6.07) is 14.4. The molecule has 2 N–H and O–H groups in total. The Hall–Kier alpha value is -2.28. The van der Waals surface area contributed by atoms with E-state index in [9.17, 15) is 4.79 Å². The van der Waals surface area contributed by atoms with Crippen molar-refractivity contribution in [1.29, 1.82) is 0 Å². The predicted molar refractivity (Wildman–Crippen MR) is 100.0 cm³/mol. The summed E-state index contributed by atoms with van der Waals surface area (Å²) in [6.07, 6.45) is 4.45. The average molecular weight is 351 g/mol. The quantitative estimate of drug-likeness (QED) is 0.870. The summed E-state index contributed by atoms with van der Waals surface area (Å²) in [7, 11) is 0. The Kier molecular flexibility index (Phi) is 5.24. The zero-order chi connectivity index (χ0) is 17.8. The molecule has 2 unspecified atom stereocenters. The van der Waals surface area contributed by atoms with Crippen molar-refractivity contribution < 1.29 is 4.79 Å². The largest absolute Gasteiger partial charge is 0.339 e.